The van der Waals surface area contributed by atoms with Crippen molar-refractivity contribution in [2.24, 2.45) is 0 Å². The van der Waals surface area contributed by atoms with Gasteiger partial charge in [0.05, 0.1) is 0 Å². The summed E-state index contributed by atoms with van der Waals surface area (Å²) in [5.41, 5.74) is 0. The van der Waals surface area contributed by atoms with Crippen LogP contribution in [0, 0.1) is 25.7 Å². The normalized spacial score (nSPS) is 4.00. The van der Waals surface area contributed by atoms with Crippen LogP contribution in [0.1, 0.15) is 20.3 Å². The van der Waals surface area contributed by atoms with E-state index in [2.05, 4.69) is 25.7 Å². The largest absolute Gasteiger partial charge is 0.346 e. The molecule has 0 aliphatic rings. The fourth-order valence-corrected chi connectivity index (χ4v) is 0.125. The minimum atomic E-state index is 0. The van der Waals surface area contributed by atoms with Gasteiger partial charge in [0.25, 0.3) is 0 Å². The van der Waals surface area contributed by atoms with Crippen molar-refractivity contribution < 1.29 is 32.7 Å². The van der Waals surface area contributed by atoms with Crippen molar-refractivity contribution >= 4 is 0 Å². The van der Waals surface area contributed by atoms with Crippen molar-refractivity contribution in [3.8, 4) is 11.8 Å². The average molecular weight is 185 g/mol. The van der Waals surface area contributed by atoms with Crippen LogP contribution in [-0.4, -0.2) is 0 Å². The first kappa shape index (κ1) is 15.9. The summed E-state index contributed by atoms with van der Waals surface area (Å²) in [4.78, 5) is 0. The zero-order valence-corrected chi connectivity index (χ0v) is 8.54. The Kier molecular flexibility index (Phi) is 50.3. The molecule has 0 aliphatic heterocycles. The number of hydrogen-bond acceptors (Lipinski definition) is 0. The first-order valence-corrected chi connectivity index (χ1v) is 2.31. The van der Waals surface area contributed by atoms with E-state index in [0.717, 1.165) is 6.42 Å². The van der Waals surface area contributed by atoms with Crippen LogP contribution in [-0.2, 0) is 32.7 Å². The van der Waals surface area contributed by atoms with Crippen molar-refractivity contribution in [3.63, 3.8) is 0 Å². The van der Waals surface area contributed by atoms with Crippen molar-refractivity contribution in [2.75, 3.05) is 0 Å². The molecule has 0 amide bonds. The van der Waals surface area contributed by atoms with Crippen LogP contribution >= 0.6 is 0 Å². The summed E-state index contributed by atoms with van der Waals surface area (Å²) in [6.07, 6.45) is 0.733. The van der Waals surface area contributed by atoms with E-state index in [0.29, 0.717) is 0 Å². The van der Waals surface area contributed by atoms with Crippen LogP contribution in [0.4, 0.5) is 0 Å². The molecule has 0 aromatic carbocycles. The molecule has 0 saturated heterocycles. The molecular weight excluding hydrogens is 173 g/mol. The van der Waals surface area contributed by atoms with Gasteiger partial charge in [0, 0.05) is 32.7 Å². The molecule has 0 atom stereocenters. The van der Waals surface area contributed by atoms with Gasteiger partial charge in [-0.25, -0.2) is 0 Å². The van der Waals surface area contributed by atoms with Crippen LogP contribution in [0.2, 0.25) is 0 Å². The van der Waals surface area contributed by atoms with Crippen LogP contribution in [0.5, 0.6) is 0 Å². The molecule has 0 aliphatic carbocycles. The minimum absolute atomic E-state index is 0. The van der Waals surface area contributed by atoms with Gasteiger partial charge in [-0.2, -0.15) is 6.92 Å². The predicted octanol–water partition coefficient (Wildman–Crippen LogP) is 2.07. The fraction of sp³-hybridized carbons (Fsp3) is 0.429. The van der Waals surface area contributed by atoms with Crippen LogP contribution in [0.15, 0.2) is 0 Å². The standard InChI is InChI=1S/C5H7.C2H5.Y/c1-3-5-4-2;1-2;/h1,3H2,2H3;1H2,2H3;/q2*-1;. The molecule has 45 valence electrons. The van der Waals surface area contributed by atoms with Gasteiger partial charge in [-0.1, -0.05) is 0 Å². The maximum Gasteiger partial charge on any atom is 0 e. The SMILES string of the molecule is [CH2-]C.[CH2-]CC#CC.[Y]. The van der Waals surface area contributed by atoms with Gasteiger partial charge in [-0.15, -0.1) is 18.3 Å². The van der Waals surface area contributed by atoms with Gasteiger partial charge < -0.3 is 13.8 Å². The zero-order valence-electron chi connectivity index (χ0n) is 5.70. The van der Waals surface area contributed by atoms with E-state index in [1.807, 2.05) is 6.92 Å². The molecule has 0 heterocycles. The second-order valence-electron chi connectivity index (χ2n) is 0.677. The van der Waals surface area contributed by atoms with Crippen LogP contribution in [0.3, 0.4) is 0 Å². The number of rotatable bonds is 0. The average Bonchev–Trinajstić information content (AvgIpc) is 1.75. The van der Waals surface area contributed by atoms with Crippen molar-refractivity contribution in [3.05, 3.63) is 13.8 Å². The number of hydrogen-bond donors (Lipinski definition) is 0. The molecule has 0 unspecified atom stereocenters. The Bertz CT molecular complexity index is 56.5. The maximum atomic E-state index is 3.50. The Morgan fingerprint density at radius 1 is 1.38 bits per heavy atom. The molecule has 0 saturated carbocycles. The summed E-state index contributed by atoms with van der Waals surface area (Å²) < 4.78 is 0. The van der Waals surface area contributed by atoms with Crippen LogP contribution in [0.25, 0.3) is 0 Å². The van der Waals surface area contributed by atoms with E-state index in [1.54, 1.807) is 6.92 Å². The maximum absolute atomic E-state index is 3.50. The summed E-state index contributed by atoms with van der Waals surface area (Å²) in [5, 5.41) is 0. The summed E-state index contributed by atoms with van der Waals surface area (Å²) in [5.74, 6) is 5.45. The van der Waals surface area contributed by atoms with Gasteiger partial charge in [0.15, 0.2) is 0 Å². The fourth-order valence-electron chi connectivity index (χ4n) is 0.125. The minimum Gasteiger partial charge on any atom is -0.346 e. The zero-order chi connectivity index (χ0) is 6.12. The van der Waals surface area contributed by atoms with E-state index in [4.69, 9.17) is 0 Å². The van der Waals surface area contributed by atoms with Gasteiger partial charge in [-0.3, -0.25) is 0 Å². The van der Waals surface area contributed by atoms with Crippen molar-refractivity contribution in [1.82, 2.24) is 0 Å². The van der Waals surface area contributed by atoms with Gasteiger partial charge >= 0.3 is 0 Å². The molecule has 8 heavy (non-hydrogen) atoms. The van der Waals surface area contributed by atoms with Gasteiger partial charge in [0.1, 0.15) is 0 Å². The van der Waals surface area contributed by atoms with E-state index in [-0.39, 0.29) is 32.7 Å². The monoisotopic (exact) mass is 185 g/mol. The third-order valence-electron chi connectivity index (χ3n) is 0.302. The van der Waals surface area contributed by atoms with E-state index in [9.17, 15) is 0 Å². The first-order valence-electron chi connectivity index (χ1n) is 2.31. The smallest absolute Gasteiger partial charge is 0 e. The van der Waals surface area contributed by atoms with Crippen LogP contribution < -0.4 is 0 Å². The summed E-state index contributed by atoms with van der Waals surface area (Å²) in [6.45, 7) is 10.3. The van der Waals surface area contributed by atoms with Gasteiger partial charge in [0.2, 0.25) is 0 Å². The Morgan fingerprint density at radius 3 is 1.75 bits per heavy atom. The second-order valence-corrected chi connectivity index (χ2v) is 0.677. The Hall–Kier alpha value is 0.664. The molecule has 1 heteroatoms. The molecule has 0 aromatic rings. The summed E-state index contributed by atoms with van der Waals surface area (Å²) >= 11 is 0. The molecule has 0 rings (SSSR count). The second kappa shape index (κ2) is 25.4. The van der Waals surface area contributed by atoms with Crippen molar-refractivity contribution in [1.29, 1.82) is 0 Å². The first-order chi connectivity index (χ1) is 3.41. The third kappa shape index (κ3) is 30.1. The molecule has 0 spiro atoms. The molecule has 1 radical (unpaired) electrons. The molecule has 0 N–H and O–H groups in total. The molecule has 0 aromatic heterocycles. The van der Waals surface area contributed by atoms with E-state index >= 15 is 0 Å². The van der Waals surface area contributed by atoms with E-state index in [1.165, 1.54) is 0 Å². The topological polar surface area (TPSA) is 0 Å². The Morgan fingerprint density at radius 2 is 1.75 bits per heavy atom. The molecule has 0 nitrogen and oxygen atoms in total. The predicted molar refractivity (Wildman–Crippen MR) is 34.5 cm³/mol. The van der Waals surface area contributed by atoms with Gasteiger partial charge in [-0.05, 0) is 6.92 Å². The summed E-state index contributed by atoms with van der Waals surface area (Å²) in [7, 11) is 0. The Balaban J connectivity index is -0.0000000750. The van der Waals surface area contributed by atoms with E-state index < -0.39 is 0 Å². The molecular formula is C7H12Y-2. The summed E-state index contributed by atoms with van der Waals surface area (Å²) in [6, 6.07) is 0. The Labute approximate surface area is 78.3 Å². The molecule has 0 fully saturated rings. The molecule has 0 bridgehead atoms. The third-order valence-corrected chi connectivity index (χ3v) is 0.302. The van der Waals surface area contributed by atoms with Crippen molar-refractivity contribution in [2.45, 2.75) is 20.3 Å². The quantitative estimate of drug-likeness (QED) is 0.400.